The lowest BCUT2D eigenvalue weighted by molar-refractivity contribution is 0.668. The van der Waals surface area contributed by atoms with Crippen molar-refractivity contribution in [3.05, 3.63) is 212 Å². The molecule has 0 unspecified atom stereocenters. The molecular weight excluding hydrogens is 771 g/mol. The summed E-state index contributed by atoms with van der Waals surface area (Å²) in [4.78, 5) is 15.1. The van der Waals surface area contributed by atoms with Crippen LogP contribution < -0.4 is 0 Å². The molecule has 8 aromatic carbocycles. The maximum absolute atomic E-state index is 6.09. The van der Waals surface area contributed by atoms with Crippen LogP contribution in [0.5, 0.6) is 0 Å². The second-order valence-corrected chi connectivity index (χ2v) is 16.1. The molecule has 13 aromatic rings. The summed E-state index contributed by atoms with van der Waals surface area (Å²) in [6.07, 6.45) is 1.82. The molecule has 6 nitrogen and oxygen atoms in total. The van der Waals surface area contributed by atoms with E-state index in [0.717, 1.165) is 105 Å². The lowest BCUT2D eigenvalue weighted by Crippen LogP contribution is -2.03. The number of hydrogen-bond donors (Lipinski definition) is 0. The number of hydrogen-bond acceptors (Lipinski definition) is 4. The summed E-state index contributed by atoms with van der Waals surface area (Å²) in [5.74, 6) is 0.639. The molecule has 0 saturated heterocycles. The number of para-hydroxylation sites is 2. The van der Waals surface area contributed by atoms with Crippen molar-refractivity contribution in [2.24, 2.45) is 0 Å². The zero-order valence-corrected chi connectivity index (χ0v) is 33.9. The second-order valence-electron chi connectivity index (χ2n) is 16.1. The molecule has 0 N–H and O–H groups in total. The highest BCUT2D eigenvalue weighted by Crippen LogP contribution is 2.40. The molecule has 6 heteroatoms. The second kappa shape index (κ2) is 14.0. The van der Waals surface area contributed by atoms with E-state index in [1.807, 2.05) is 30.5 Å². The van der Waals surface area contributed by atoms with Crippen molar-refractivity contribution in [3.8, 4) is 56.4 Å². The van der Waals surface area contributed by atoms with Crippen molar-refractivity contribution >= 4 is 65.7 Å². The van der Waals surface area contributed by atoms with Crippen LogP contribution in [-0.4, -0.2) is 24.1 Å². The van der Waals surface area contributed by atoms with Crippen molar-refractivity contribution < 1.29 is 4.42 Å². The Hall–Kier alpha value is -8.61. The Labute approximate surface area is 361 Å². The van der Waals surface area contributed by atoms with E-state index in [1.54, 1.807) is 0 Å². The molecule has 63 heavy (non-hydrogen) atoms. The molecule has 0 aliphatic heterocycles. The standard InChI is InChI=1S/C57H35N5O/c1-3-13-36(14-4-1)48-35-49(37-15-5-2-6-16-37)60-57(59-48)62-51-22-10-8-20-44(51)46-33-40(25-28-53(46)62)39-24-27-52-45(32-39)43-19-7-9-21-50(43)61(52)42-18-11-17-38(31-42)41-26-29-54-47(34-41)56-55(63-54)23-12-30-58-56/h1-35H. The first-order valence-corrected chi connectivity index (χ1v) is 21.2. The number of aromatic nitrogens is 5. The molecule has 294 valence electrons. The van der Waals surface area contributed by atoms with Crippen molar-refractivity contribution in [1.29, 1.82) is 0 Å². The van der Waals surface area contributed by atoms with Gasteiger partial charge in [-0.1, -0.05) is 127 Å². The van der Waals surface area contributed by atoms with Gasteiger partial charge in [0.1, 0.15) is 11.1 Å². The highest BCUT2D eigenvalue weighted by Gasteiger charge is 2.19. The van der Waals surface area contributed by atoms with Gasteiger partial charge in [-0.3, -0.25) is 9.55 Å². The zero-order chi connectivity index (χ0) is 41.4. The molecule has 0 radical (unpaired) electrons. The summed E-state index contributed by atoms with van der Waals surface area (Å²) in [6.45, 7) is 0. The Morgan fingerprint density at radius 3 is 1.52 bits per heavy atom. The van der Waals surface area contributed by atoms with Gasteiger partial charge in [-0.05, 0) is 101 Å². The molecule has 0 saturated carbocycles. The predicted molar refractivity (Wildman–Crippen MR) is 258 cm³/mol. The molecule has 0 aliphatic rings. The van der Waals surface area contributed by atoms with Gasteiger partial charge in [0.2, 0.25) is 5.95 Å². The Morgan fingerprint density at radius 2 is 0.857 bits per heavy atom. The van der Waals surface area contributed by atoms with E-state index < -0.39 is 0 Å². The van der Waals surface area contributed by atoms with E-state index in [0.29, 0.717) is 5.95 Å². The monoisotopic (exact) mass is 805 g/mol. The first-order chi connectivity index (χ1) is 31.2. The highest BCUT2D eigenvalue weighted by molar-refractivity contribution is 6.13. The normalized spacial score (nSPS) is 11.8. The van der Waals surface area contributed by atoms with Gasteiger partial charge in [-0.2, -0.15) is 0 Å². The van der Waals surface area contributed by atoms with Gasteiger partial charge in [0.05, 0.1) is 33.5 Å². The largest absolute Gasteiger partial charge is 0.454 e. The van der Waals surface area contributed by atoms with Crippen molar-refractivity contribution in [2.75, 3.05) is 0 Å². The van der Waals surface area contributed by atoms with Crippen LogP contribution in [0.4, 0.5) is 0 Å². The van der Waals surface area contributed by atoms with Crippen LogP contribution in [-0.2, 0) is 0 Å². The van der Waals surface area contributed by atoms with Gasteiger partial charge in [0.25, 0.3) is 0 Å². The SMILES string of the molecule is c1ccc(-c2cc(-c3ccccc3)nc(-n3c4ccccc4c4cc(-c5ccc6c(c5)c5ccccc5n6-c5cccc(-c6ccc7oc8cccnc8c7c6)c5)ccc43)n2)cc1. The van der Waals surface area contributed by atoms with Gasteiger partial charge < -0.3 is 8.98 Å². The van der Waals surface area contributed by atoms with E-state index in [-0.39, 0.29) is 0 Å². The average molecular weight is 806 g/mol. The van der Waals surface area contributed by atoms with Gasteiger partial charge >= 0.3 is 0 Å². The Balaban J connectivity index is 0.938. The minimum Gasteiger partial charge on any atom is -0.454 e. The molecule has 0 amide bonds. The van der Waals surface area contributed by atoms with E-state index in [4.69, 9.17) is 14.4 Å². The summed E-state index contributed by atoms with van der Waals surface area (Å²) >= 11 is 0. The summed E-state index contributed by atoms with van der Waals surface area (Å²) in [5, 5.41) is 5.73. The van der Waals surface area contributed by atoms with E-state index in [9.17, 15) is 0 Å². The third-order valence-electron chi connectivity index (χ3n) is 12.4. The Kier molecular flexibility index (Phi) is 7.80. The molecule has 13 rings (SSSR count). The fourth-order valence-corrected chi connectivity index (χ4v) is 9.45. The third-order valence-corrected chi connectivity index (χ3v) is 12.4. The number of pyridine rings is 1. The molecule has 5 heterocycles. The van der Waals surface area contributed by atoms with Gasteiger partial charge in [-0.25, -0.2) is 9.97 Å². The summed E-state index contributed by atoms with van der Waals surface area (Å²) in [5.41, 5.74) is 16.4. The van der Waals surface area contributed by atoms with Gasteiger partial charge in [0.15, 0.2) is 5.58 Å². The van der Waals surface area contributed by atoms with Crippen molar-refractivity contribution in [2.45, 2.75) is 0 Å². The summed E-state index contributed by atoms with van der Waals surface area (Å²) in [7, 11) is 0. The lowest BCUT2D eigenvalue weighted by Gasteiger charge is -2.12. The fourth-order valence-electron chi connectivity index (χ4n) is 9.45. The first kappa shape index (κ1) is 35.2. The minimum atomic E-state index is 0.639. The maximum Gasteiger partial charge on any atom is 0.235 e. The summed E-state index contributed by atoms with van der Waals surface area (Å²) in [6, 6.07) is 72.8. The van der Waals surface area contributed by atoms with Crippen molar-refractivity contribution in [1.82, 2.24) is 24.1 Å². The average Bonchev–Trinajstić information content (AvgIpc) is 4.01. The first-order valence-electron chi connectivity index (χ1n) is 21.2. The number of rotatable bonds is 6. The lowest BCUT2D eigenvalue weighted by atomic mass is 10.0. The fraction of sp³-hybridized carbons (Fsp3) is 0. The van der Waals surface area contributed by atoms with Crippen LogP contribution >= 0.6 is 0 Å². The van der Waals surface area contributed by atoms with Crippen molar-refractivity contribution in [3.63, 3.8) is 0 Å². The van der Waals surface area contributed by atoms with E-state index >= 15 is 0 Å². The molecule has 0 fully saturated rings. The van der Waals surface area contributed by atoms with Crippen LogP contribution in [0.3, 0.4) is 0 Å². The molecule has 0 aliphatic carbocycles. The Bertz CT molecular complexity index is 3860. The van der Waals surface area contributed by atoms with Crippen LogP contribution in [0, 0.1) is 0 Å². The minimum absolute atomic E-state index is 0.639. The van der Waals surface area contributed by atoms with Gasteiger partial charge in [-0.15, -0.1) is 0 Å². The van der Waals surface area contributed by atoms with Crippen LogP contribution in [0.15, 0.2) is 217 Å². The molecule has 0 atom stereocenters. The molecule has 0 spiro atoms. The number of furan rings is 1. The van der Waals surface area contributed by atoms with Crippen LogP contribution in [0.1, 0.15) is 0 Å². The molecule has 0 bridgehead atoms. The van der Waals surface area contributed by atoms with E-state index in [2.05, 4.69) is 196 Å². The number of benzene rings is 8. The molecule has 5 aromatic heterocycles. The van der Waals surface area contributed by atoms with E-state index in [1.165, 1.54) is 10.8 Å². The summed E-state index contributed by atoms with van der Waals surface area (Å²) < 4.78 is 10.7. The third kappa shape index (κ3) is 5.69. The van der Waals surface area contributed by atoms with Crippen LogP contribution in [0.2, 0.25) is 0 Å². The maximum atomic E-state index is 6.09. The molecular formula is C57H35N5O. The topological polar surface area (TPSA) is 61.7 Å². The quantitative estimate of drug-likeness (QED) is 0.168. The van der Waals surface area contributed by atoms with Gasteiger partial charge in [0, 0.05) is 49.9 Å². The van der Waals surface area contributed by atoms with Crippen LogP contribution in [0.25, 0.3) is 122 Å². The Morgan fingerprint density at radius 1 is 0.333 bits per heavy atom. The number of nitrogens with zero attached hydrogens (tertiary/aromatic N) is 5. The smallest absolute Gasteiger partial charge is 0.235 e. The number of fused-ring (bicyclic) bond motifs is 9. The zero-order valence-electron chi connectivity index (χ0n) is 33.9. The predicted octanol–water partition coefficient (Wildman–Crippen LogP) is 14.6. The highest BCUT2D eigenvalue weighted by atomic mass is 16.3.